The van der Waals surface area contributed by atoms with Crippen LogP contribution in [0.5, 0.6) is 5.75 Å². The van der Waals surface area contributed by atoms with Gasteiger partial charge in [0.2, 0.25) is 0 Å². The van der Waals surface area contributed by atoms with Crippen LogP contribution in [0.25, 0.3) is 0 Å². The third-order valence-corrected chi connectivity index (χ3v) is 4.44. The molecule has 2 aromatic carbocycles. The molecule has 0 aliphatic heterocycles. The van der Waals surface area contributed by atoms with Gasteiger partial charge in [0, 0.05) is 10.2 Å². The average molecular weight is 342 g/mol. The van der Waals surface area contributed by atoms with Gasteiger partial charge in [-0.25, -0.2) is 0 Å². The highest BCUT2D eigenvalue weighted by molar-refractivity contribution is 9.10. The summed E-state index contributed by atoms with van der Waals surface area (Å²) >= 11 is 3.22. The zero-order valence-electron chi connectivity index (χ0n) is 10.1. The maximum atomic E-state index is 12.0. The van der Waals surface area contributed by atoms with E-state index in [-0.39, 0.29) is 10.6 Å². The highest BCUT2D eigenvalue weighted by atomic mass is 79.9. The summed E-state index contributed by atoms with van der Waals surface area (Å²) in [6.07, 6.45) is 0. The van der Waals surface area contributed by atoms with Crippen LogP contribution < -0.4 is 9.92 Å². The van der Waals surface area contributed by atoms with E-state index < -0.39 is 10.1 Å². The number of anilines is 1. The lowest BCUT2D eigenvalue weighted by Gasteiger charge is -2.08. The van der Waals surface area contributed by atoms with E-state index in [4.69, 9.17) is 9.92 Å². The predicted octanol–water partition coefficient (Wildman–Crippen LogP) is 3.11. The molecule has 2 rings (SSSR count). The molecule has 0 atom stereocenters. The van der Waals surface area contributed by atoms with Crippen LogP contribution in [0.15, 0.2) is 51.8 Å². The number of benzene rings is 2. The van der Waals surface area contributed by atoms with Crippen LogP contribution >= 0.6 is 15.9 Å². The molecule has 0 spiro atoms. The number of rotatable bonds is 3. The van der Waals surface area contributed by atoms with Gasteiger partial charge in [0.15, 0.2) is 0 Å². The predicted molar refractivity (Wildman–Crippen MR) is 77.5 cm³/mol. The van der Waals surface area contributed by atoms with Gasteiger partial charge in [-0.2, -0.15) is 8.42 Å². The first-order chi connectivity index (χ1) is 8.88. The fraction of sp³-hybridized carbons (Fsp3) is 0.0769. The minimum Gasteiger partial charge on any atom is -0.398 e. The van der Waals surface area contributed by atoms with Gasteiger partial charge in [0.25, 0.3) is 0 Å². The first-order valence-corrected chi connectivity index (χ1v) is 7.65. The molecule has 0 amide bonds. The Morgan fingerprint density at radius 3 is 2.32 bits per heavy atom. The summed E-state index contributed by atoms with van der Waals surface area (Å²) in [5, 5.41) is 0. The number of aryl methyl sites for hydroxylation is 1. The Labute approximate surface area is 120 Å². The first kappa shape index (κ1) is 13.9. The van der Waals surface area contributed by atoms with Crippen molar-refractivity contribution < 1.29 is 12.6 Å². The van der Waals surface area contributed by atoms with Gasteiger partial charge in [-0.1, -0.05) is 17.7 Å². The van der Waals surface area contributed by atoms with Gasteiger partial charge in [-0.05, 0) is 53.2 Å². The molecule has 100 valence electrons. The first-order valence-electron chi connectivity index (χ1n) is 5.45. The molecule has 0 aromatic heterocycles. The van der Waals surface area contributed by atoms with E-state index in [0.29, 0.717) is 10.2 Å². The van der Waals surface area contributed by atoms with Crippen LogP contribution in [0.1, 0.15) is 5.56 Å². The van der Waals surface area contributed by atoms with Crippen molar-refractivity contribution in [3.05, 3.63) is 52.5 Å². The summed E-state index contributed by atoms with van der Waals surface area (Å²) in [5.41, 5.74) is 7.12. The lowest BCUT2D eigenvalue weighted by Crippen LogP contribution is -2.09. The Bertz CT molecular complexity index is 696. The number of hydrogen-bond acceptors (Lipinski definition) is 4. The van der Waals surface area contributed by atoms with Gasteiger partial charge in [0.05, 0.1) is 0 Å². The number of nitrogen functional groups attached to an aromatic ring is 1. The van der Waals surface area contributed by atoms with Crippen molar-refractivity contribution in [2.75, 3.05) is 5.73 Å². The molecule has 19 heavy (non-hydrogen) atoms. The van der Waals surface area contributed by atoms with Crippen molar-refractivity contribution in [3.63, 3.8) is 0 Å². The maximum Gasteiger partial charge on any atom is 0.339 e. The van der Waals surface area contributed by atoms with E-state index >= 15 is 0 Å². The highest BCUT2D eigenvalue weighted by Gasteiger charge is 2.16. The lowest BCUT2D eigenvalue weighted by atomic mass is 10.2. The summed E-state index contributed by atoms with van der Waals surface area (Å²) in [6, 6.07) is 11.1. The normalized spacial score (nSPS) is 11.3. The minimum absolute atomic E-state index is 0.117. The molecule has 0 bridgehead atoms. The molecule has 2 aromatic rings. The zero-order valence-corrected chi connectivity index (χ0v) is 12.5. The van der Waals surface area contributed by atoms with Crippen LogP contribution in [0.3, 0.4) is 0 Å². The topological polar surface area (TPSA) is 69.4 Å². The van der Waals surface area contributed by atoms with Crippen molar-refractivity contribution >= 4 is 31.7 Å². The van der Waals surface area contributed by atoms with Crippen molar-refractivity contribution in [3.8, 4) is 5.75 Å². The number of halogens is 1. The van der Waals surface area contributed by atoms with Crippen LogP contribution in [0, 0.1) is 6.92 Å². The molecule has 2 N–H and O–H groups in total. The summed E-state index contributed by atoms with van der Waals surface area (Å²) in [6.45, 7) is 1.88. The summed E-state index contributed by atoms with van der Waals surface area (Å²) in [7, 11) is -3.82. The molecule has 0 fully saturated rings. The van der Waals surface area contributed by atoms with E-state index in [1.807, 2.05) is 6.92 Å². The summed E-state index contributed by atoms with van der Waals surface area (Å²) in [4.78, 5) is 0.117. The zero-order chi connectivity index (χ0) is 14.0. The Morgan fingerprint density at radius 2 is 1.74 bits per heavy atom. The second-order valence-corrected chi connectivity index (χ2v) is 6.43. The second-order valence-electron chi connectivity index (χ2n) is 4.03. The van der Waals surface area contributed by atoms with Gasteiger partial charge in [0.1, 0.15) is 10.6 Å². The molecule has 6 heteroatoms. The highest BCUT2D eigenvalue weighted by Crippen LogP contribution is 2.26. The van der Waals surface area contributed by atoms with Crippen molar-refractivity contribution in [2.24, 2.45) is 0 Å². The summed E-state index contributed by atoms with van der Waals surface area (Å²) < 4.78 is 29.7. The van der Waals surface area contributed by atoms with Gasteiger partial charge in [-0.3, -0.25) is 0 Å². The Hall–Kier alpha value is -1.53. The summed E-state index contributed by atoms with van der Waals surface area (Å²) in [5.74, 6) is 0.210. The molecule has 0 aliphatic rings. The third kappa shape index (κ3) is 3.27. The smallest absolute Gasteiger partial charge is 0.339 e. The Morgan fingerprint density at radius 1 is 1.11 bits per heavy atom. The van der Waals surface area contributed by atoms with E-state index in [2.05, 4.69) is 15.9 Å². The largest absolute Gasteiger partial charge is 0.398 e. The standard InChI is InChI=1S/C13H12BrNO3S/c1-9-2-5-11(6-3-9)19(16,17)18-10-4-7-13(15)12(14)8-10/h2-8H,15H2,1H3. The molecule has 0 saturated heterocycles. The Kier molecular flexibility index (Phi) is 3.82. The third-order valence-electron chi connectivity index (χ3n) is 2.49. The lowest BCUT2D eigenvalue weighted by molar-refractivity contribution is 0.486. The van der Waals surface area contributed by atoms with E-state index in [9.17, 15) is 8.42 Å². The van der Waals surface area contributed by atoms with E-state index in [0.717, 1.165) is 5.56 Å². The van der Waals surface area contributed by atoms with Crippen molar-refractivity contribution in [1.29, 1.82) is 0 Å². The SMILES string of the molecule is Cc1ccc(S(=O)(=O)Oc2ccc(N)c(Br)c2)cc1. The maximum absolute atomic E-state index is 12.0. The molecule has 0 heterocycles. The monoisotopic (exact) mass is 341 g/mol. The van der Waals surface area contributed by atoms with Crippen LogP contribution in [-0.2, 0) is 10.1 Å². The van der Waals surface area contributed by atoms with Gasteiger partial charge >= 0.3 is 10.1 Å². The quantitative estimate of drug-likeness (QED) is 0.687. The fourth-order valence-electron chi connectivity index (χ4n) is 1.44. The average Bonchev–Trinajstić information content (AvgIpc) is 2.34. The molecular formula is C13H12BrNO3S. The van der Waals surface area contributed by atoms with Crippen LogP contribution in [0.4, 0.5) is 5.69 Å². The fourth-order valence-corrected chi connectivity index (χ4v) is 2.72. The molecule has 4 nitrogen and oxygen atoms in total. The number of nitrogens with two attached hydrogens (primary N) is 1. The Balaban J connectivity index is 2.30. The molecule has 0 unspecified atom stereocenters. The molecule has 0 aliphatic carbocycles. The molecule has 0 radical (unpaired) electrons. The van der Waals surface area contributed by atoms with Crippen molar-refractivity contribution in [2.45, 2.75) is 11.8 Å². The van der Waals surface area contributed by atoms with E-state index in [1.54, 1.807) is 18.2 Å². The minimum atomic E-state index is -3.82. The number of hydrogen-bond donors (Lipinski definition) is 1. The van der Waals surface area contributed by atoms with E-state index in [1.165, 1.54) is 24.3 Å². The van der Waals surface area contributed by atoms with Crippen molar-refractivity contribution in [1.82, 2.24) is 0 Å². The second kappa shape index (κ2) is 5.22. The van der Waals surface area contributed by atoms with Crippen LogP contribution in [-0.4, -0.2) is 8.42 Å². The molecule has 0 saturated carbocycles. The van der Waals surface area contributed by atoms with Crippen LogP contribution in [0.2, 0.25) is 0 Å². The van der Waals surface area contributed by atoms with Gasteiger partial charge < -0.3 is 9.92 Å². The molecular weight excluding hydrogens is 330 g/mol. The van der Waals surface area contributed by atoms with Gasteiger partial charge in [-0.15, -0.1) is 0 Å².